The SMILES string of the molecule is N#Cc1ccc(NCCNc2nc(-c3ccc(C(F)(F)F)cc3)cc3nc(C(=O)N4CCC(O)CC4)cn23)nc1. The summed E-state index contributed by atoms with van der Waals surface area (Å²) in [6, 6.07) is 11.6. The molecule has 4 aromatic rings. The molecule has 5 rings (SSSR count). The Bertz CT molecular complexity index is 1540. The molecular formula is C27H25F3N8O2. The molecule has 1 fully saturated rings. The third kappa shape index (κ3) is 5.97. The number of anilines is 2. The Morgan fingerprint density at radius 3 is 2.45 bits per heavy atom. The number of amides is 1. The van der Waals surface area contributed by atoms with Crippen LogP contribution in [-0.4, -0.2) is 67.5 Å². The molecule has 0 saturated carbocycles. The second-order valence-corrected chi connectivity index (χ2v) is 9.32. The average molecular weight is 551 g/mol. The van der Waals surface area contributed by atoms with Gasteiger partial charge in [0.15, 0.2) is 0 Å². The highest BCUT2D eigenvalue weighted by Crippen LogP contribution is 2.31. The van der Waals surface area contributed by atoms with Crippen LogP contribution in [0.5, 0.6) is 0 Å². The maximum Gasteiger partial charge on any atom is 0.416 e. The number of piperidine rings is 1. The molecule has 1 amide bonds. The molecule has 0 spiro atoms. The van der Waals surface area contributed by atoms with Crippen molar-refractivity contribution in [1.29, 1.82) is 5.26 Å². The summed E-state index contributed by atoms with van der Waals surface area (Å²) in [5.41, 5.74) is 1.12. The smallest absolute Gasteiger partial charge is 0.393 e. The summed E-state index contributed by atoms with van der Waals surface area (Å²) in [6.45, 7) is 1.65. The Kier molecular flexibility index (Phi) is 7.52. The first-order valence-corrected chi connectivity index (χ1v) is 12.6. The van der Waals surface area contributed by atoms with Crippen LogP contribution in [0.3, 0.4) is 0 Å². The number of likely N-dealkylation sites (tertiary alicyclic amines) is 1. The largest absolute Gasteiger partial charge is 0.416 e. The van der Waals surface area contributed by atoms with Crippen LogP contribution in [0.15, 0.2) is 54.9 Å². The summed E-state index contributed by atoms with van der Waals surface area (Å²) >= 11 is 0. The van der Waals surface area contributed by atoms with E-state index in [1.54, 1.807) is 33.7 Å². The summed E-state index contributed by atoms with van der Waals surface area (Å²) in [5, 5.41) is 25.0. The lowest BCUT2D eigenvalue weighted by Crippen LogP contribution is -2.40. The van der Waals surface area contributed by atoms with Gasteiger partial charge in [-0.25, -0.2) is 15.0 Å². The minimum absolute atomic E-state index is 0.200. The number of pyridine rings is 1. The molecule has 13 heteroatoms. The number of alkyl halides is 3. The lowest BCUT2D eigenvalue weighted by atomic mass is 10.1. The van der Waals surface area contributed by atoms with Crippen molar-refractivity contribution in [2.24, 2.45) is 0 Å². The van der Waals surface area contributed by atoms with Gasteiger partial charge in [0.1, 0.15) is 23.2 Å². The van der Waals surface area contributed by atoms with Crippen molar-refractivity contribution in [3.63, 3.8) is 0 Å². The summed E-state index contributed by atoms with van der Waals surface area (Å²) in [4.78, 5) is 28.0. The molecule has 0 unspecified atom stereocenters. The molecule has 0 bridgehead atoms. The Morgan fingerprint density at radius 1 is 1.07 bits per heavy atom. The first-order chi connectivity index (χ1) is 19.2. The Balaban J connectivity index is 1.40. The van der Waals surface area contributed by atoms with Gasteiger partial charge in [0.2, 0.25) is 5.95 Å². The Morgan fingerprint density at radius 2 is 1.80 bits per heavy atom. The van der Waals surface area contributed by atoms with E-state index in [-0.39, 0.29) is 11.6 Å². The van der Waals surface area contributed by atoms with Gasteiger partial charge >= 0.3 is 6.18 Å². The molecule has 0 atom stereocenters. The molecule has 10 nitrogen and oxygen atoms in total. The first kappa shape index (κ1) is 26.9. The number of aromatic nitrogens is 4. The van der Waals surface area contributed by atoms with Crippen molar-refractivity contribution >= 4 is 23.3 Å². The summed E-state index contributed by atoms with van der Waals surface area (Å²) < 4.78 is 40.8. The normalized spacial score (nSPS) is 14.2. The molecule has 1 aliphatic rings. The van der Waals surface area contributed by atoms with Gasteiger partial charge in [-0.15, -0.1) is 0 Å². The van der Waals surface area contributed by atoms with Crippen molar-refractivity contribution in [1.82, 2.24) is 24.3 Å². The second-order valence-electron chi connectivity index (χ2n) is 9.32. The van der Waals surface area contributed by atoms with E-state index in [1.807, 2.05) is 6.07 Å². The van der Waals surface area contributed by atoms with E-state index in [0.717, 1.165) is 12.1 Å². The number of nitrogens with one attached hydrogen (secondary N) is 2. The fraction of sp³-hybridized carbons (Fsp3) is 0.296. The van der Waals surface area contributed by atoms with Crippen LogP contribution in [0, 0.1) is 11.3 Å². The van der Waals surface area contributed by atoms with Crippen LogP contribution in [0.4, 0.5) is 24.9 Å². The van der Waals surface area contributed by atoms with Crippen LogP contribution >= 0.6 is 0 Å². The monoisotopic (exact) mass is 550 g/mol. The molecule has 1 saturated heterocycles. The molecule has 1 aromatic carbocycles. The summed E-state index contributed by atoms with van der Waals surface area (Å²) in [5.74, 6) is 0.661. The van der Waals surface area contributed by atoms with Gasteiger partial charge in [-0.3, -0.25) is 9.20 Å². The summed E-state index contributed by atoms with van der Waals surface area (Å²) in [7, 11) is 0. The fourth-order valence-corrected chi connectivity index (χ4v) is 4.35. The van der Waals surface area contributed by atoms with Gasteiger partial charge in [-0.1, -0.05) is 12.1 Å². The number of aliphatic hydroxyl groups is 1. The number of imidazole rings is 1. The van der Waals surface area contributed by atoms with Gasteiger partial charge in [0, 0.05) is 50.2 Å². The van der Waals surface area contributed by atoms with E-state index in [2.05, 4.69) is 25.6 Å². The molecule has 0 radical (unpaired) electrons. The van der Waals surface area contributed by atoms with Crippen LogP contribution in [0.25, 0.3) is 16.9 Å². The zero-order chi connectivity index (χ0) is 28.3. The minimum atomic E-state index is -4.46. The number of halogens is 3. The predicted molar refractivity (Wildman–Crippen MR) is 141 cm³/mol. The molecule has 1 aliphatic heterocycles. The zero-order valence-corrected chi connectivity index (χ0v) is 21.2. The van der Waals surface area contributed by atoms with Gasteiger partial charge in [-0.05, 0) is 37.1 Å². The number of rotatable bonds is 7. The highest BCUT2D eigenvalue weighted by Gasteiger charge is 2.30. The quantitative estimate of drug-likeness (QED) is 0.296. The number of nitriles is 1. The maximum absolute atomic E-state index is 13.1. The van der Waals surface area contributed by atoms with E-state index in [9.17, 15) is 23.1 Å². The number of benzene rings is 1. The van der Waals surface area contributed by atoms with E-state index < -0.39 is 17.8 Å². The zero-order valence-electron chi connectivity index (χ0n) is 21.2. The van der Waals surface area contributed by atoms with Crippen molar-refractivity contribution in [2.45, 2.75) is 25.1 Å². The number of carbonyl (C=O) groups excluding carboxylic acids is 1. The van der Waals surface area contributed by atoms with E-state index in [0.29, 0.717) is 73.3 Å². The molecular weight excluding hydrogens is 525 g/mol. The Labute approximate surface area is 227 Å². The van der Waals surface area contributed by atoms with Gasteiger partial charge in [-0.2, -0.15) is 18.4 Å². The third-order valence-electron chi connectivity index (χ3n) is 6.54. The molecule has 206 valence electrons. The van der Waals surface area contributed by atoms with E-state index in [1.165, 1.54) is 18.3 Å². The van der Waals surface area contributed by atoms with Gasteiger partial charge in [0.25, 0.3) is 5.91 Å². The fourth-order valence-electron chi connectivity index (χ4n) is 4.35. The Hall–Kier alpha value is -4.70. The van der Waals surface area contributed by atoms with E-state index >= 15 is 0 Å². The molecule has 3 N–H and O–H groups in total. The highest BCUT2D eigenvalue weighted by atomic mass is 19.4. The molecule has 4 heterocycles. The maximum atomic E-state index is 13.1. The first-order valence-electron chi connectivity index (χ1n) is 12.6. The van der Waals surface area contributed by atoms with Crippen molar-refractivity contribution < 1.29 is 23.1 Å². The molecule has 0 aliphatic carbocycles. The number of aliphatic hydroxyl groups excluding tert-OH is 1. The van der Waals surface area contributed by atoms with Crippen LogP contribution in [0.2, 0.25) is 0 Å². The second kappa shape index (κ2) is 11.2. The van der Waals surface area contributed by atoms with E-state index in [4.69, 9.17) is 5.26 Å². The number of hydrogen-bond donors (Lipinski definition) is 3. The minimum Gasteiger partial charge on any atom is -0.393 e. The topological polar surface area (TPSA) is 131 Å². The van der Waals surface area contributed by atoms with Crippen molar-refractivity contribution in [3.05, 3.63) is 71.7 Å². The van der Waals surface area contributed by atoms with Crippen LogP contribution < -0.4 is 10.6 Å². The number of fused-ring (bicyclic) bond motifs is 1. The highest BCUT2D eigenvalue weighted by molar-refractivity contribution is 5.93. The lowest BCUT2D eigenvalue weighted by molar-refractivity contribution is -0.137. The standard InChI is InChI=1S/C27H25F3N8O2/c28-27(29,30)19-4-2-18(3-5-19)21-13-24-35-22(25(40)37-11-7-20(39)8-12-37)16-38(24)26(36-21)33-10-9-32-23-6-1-17(14-31)15-34-23/h1-6,13,15-16,20,39H,7-12H2,(H,32,34)(H,33,36). The predicted octanol–water partition coefficient (Wildman–Crippen LogP) is 3.80. The average Bonchev–Trinajstić information content (AvgIpc) is 3.40. The number of carbonyl (C=O) groups is 1. The lowest BCUT2D eigenvalue weighted by Gasteiger charge is -2.28. The summed E-state index contributed by atoms with van der Waals surface area (Å²) in [6.07, 6.45) is -0.864. The van der Waals surface area contributed by atoms with Crippen molar-refractivity contribution in [3.8, 4) is 17.3 Å². The van der Waals surface area contributed by atoms with Gasteiger partial charge < -0.3 is 20.6 Å². The number of nitrogens with zero attached hydrogens (tertiary/aromatic N) is 6. The molecule has 40 heavy (non-hydrogen) atoms. The van der Waals surface area contributed by atoms with Gasteiger partial charge in [0.05, 0.1) is 22.9 Å². The third-order valence-corrected chi connectivity index (χ3v) is 6.54. The van der Waals surface area contributed by atoms with Crippen LogP contribution in [0.1, 0.15) is 34.5 Å². The molecule has 3 aromatic heterocycles. The number of hydrogen-bond acceptors (Lipinski definition) is 8. The van der Waals surface area contributed by atoms with Crippen molar-refractivity contribution in [2.75, 3.05) is 36.8 Å². The van der Waals surface area contributed by atoms with Crippen LogP contribution in [-0.2, 0) is 6.18 Å².